The van der Waals surface area contributed by atoms with Crippen LogP contribution in [0.2, 0.25) is 0 Å². The molecule has 6 heteroatoms. The number of imide groups is 2. The summed E-state index contributed by atoms with van der Waals surface area (Å²) >= 11 is 0. The molecule has 0 aromatic heterocycles. The van der Waals surface area contributed by atoms with Crippen LogP contribution >= 0.6 is 0 Å². The number of hydrogen-bond donors (Lipinski definition) is 0. The molecule has 0 N–H and O–H groups in total. The highest BCUT2D eigenvalue weighted by Gasteiger charge is 2.40. The standard InChI is InChI=1S/C33H34N2O4/c1-3-5-21-34-31(36)28(32(37)35(33(34)38)22-6-4-2)20-14-13-15-25-23-29(26-16-9-7-10-17-26)39-30(24-25)27-18-11-8-12-19-27/h7-20,23-24H,3-6,21-22H2,1-2H3/b14-13+. The first-order valence-electron chi connectivity index (χ1n) is 13.5. The molecule has 200 valence electrons. The molecule has 0 radical (unpaired) electrons. The highest BCUT2D eigenvalue weighted by molar-refractivity contribution is 6.28. The lowest BCUT2D eigenvalue weighted by Crippen LogP contribution is -2.56. The van der Waals surface area contributed by atoms with Gasteiger partial charge in [-0.25, -0.2) is 4.79 Å². The van der Waals surface area contributed by atoms with Gasteiger partial charge in [0.15, 0.2) is 0 Å². The van der Waals surface area contributed by atoms with Gasteiger partial charge in [-0.2, -0.15) is 0 Å². The molecule has 2 aromatic rings. The fourth-order valence-electron chi connectivity index (χ4n) is 4.30. The van der Waals surface area contributed by atoms with E-state index in [1.165, 1.54) is 15.9 Å². The Kier molecular flexibility index (Phi) is 9.46. The monoisotopic (exact) mass is 522 g/mol. The summed E-state index contributed by atoms with van der Waals surface area (Å²) in [5.41, 5.74) is 2.82. The third-order valence-electron chi connectivity index (χ3n) is 6.48. The lowest BCUT2D eigenvalue weighted by Gasteiger charge is -2.33. The number of unbranched alkanes of at least 4 members (excludes halogenated alkanes) is 2. The first kappa shape index (κ1) is 27.6. The fraction of sp³-hybridized carbons (Fsp3) is 0.242. The molecule has 4 amide bonds. The quantitative estimate of drug-likeness (QED) is 0.251. The third-order valence-corrected chi connectivity index (χ3v) is 6.48. The number of benzene rings is 2. The van der Waals surface area contributed by atoms with Gasteiger partial charge in [0.05, 0.1) is 0 Å². The molecule has 0 bridgehead atoms. The third kappa shape index (κ3) is 6.71. The molecule has 0 aliphatic carbocycles. The highest BCUT2D eigenvalue weighted by Crippen LogP contribution is 2.32. The van der Waals surface area contributed by atoms with Crippen LogP contribution in [0.3, 0.4) is 0 Å². The molecule has 2 aliphatic rings. The van der Waals surface area contributed by atoms with Crippen LogP contribution in [0.15, 0.2) is 108 Å². The summed E-state index contributed by atoms with van der Waals surface area (Å²) in [5, 5.41) is 0. The van der Waals surface area contributed by atoms with Gasteiger partial charge in [0, 0.05) is 24.2 Å². The number of rotatable bonds is 10. The molecule has 0 unspecified atom stereocenters. The van der Waals surface area contributed by atoms with E-state index >= 15 is 0 Å². The Balaban J connectivity index is 1.62. The van der Waals surface area contributed by atoms with Gasteiger partial charge in [-0.3, -0.25) is 19.4 Å². The van der Waals surface area contributed by atoms with Crippen LogP contribution < -0.4 is 0 Å². The second-order valence-corrected chi connectivity index (χ2v) is 9.39. The van der Waals surface area contributed by atoms with E-state index in [4.69, 9.17) is 4.74 Å². The molecule has 2 aromatic carbocycles. The average molecular weight is 523 g/mol. The number of urea groups is 1. The van der Waals surface area contributed by atoms with Crippen molar-refractivity contribution in [2.45, 2.75) is 39.5 Å². The predicted molar refractivity (Wildman–Crippen MR) is 154 cm³/mol. The van der Waals surface area contributed by atoms with Crippen LogP contribution in [-0.4, -0.2) is 40.7 Å². The van der Waals surface area contributed by atoms with Crippen LogP contribution in [0.25, 0.3) is 11.5 Å². The summed E-state index contributed by atoms with van der Waals surface area (Å²) in [5.74, 6) is 0.382. The van der Waals surface area contributed by atoms with Crippen LogP contribution in [0.1, 0.15) is 50.7 Å². The maximum Gasteiger partial charge on any atom is 0.333 e. The minimum atomic E-state index is -0.535. The van der Waals surface area contributed by atoms with Crippen molar-refractivity contribution in [3.8, 4) is 0 Å². The van der Waals surface area contributed by atoms with Gasteiger partial charge < -0.3 is 4.74 Å². The molecule has 2 aliphatic heterocycles. The van der Waals surface area contributed by atoms with Crippen LogP contribution in [-0.2, 0) is 14.3 Å². The number of ether oxygens (including phenoxy) is 1. The van der Waals surface area contributed by atoms with E-state index in [2.05, 4.69) is 0 Å². The van der Waals surface area contributed by atoms with E-state index in [0.29, 0.717) is 25.9 Å². The minimum absolute atomic E-state index is 0.00414. The fourth-order valence-corrected chi connectivity index (χ4v) is 4.30. The molecule has 4 rings (SSSR count). The smallest absolute Gasteiger partial charge is 0.333 e. The van der Waals surface area contributed by atoms with E-state index in [1.54, 1.807) is 12.2 Å². The molecule has 2 heterocycles. The molecular formula is C33H34N2O4. The minimum Gasteiger partial charge on any atom is -0.456 e. The number of nitrogens with zero attached hydrogens (tertiary/aromatic N) is 2. The lowest BCUT2D eigenvalue weighted by molar-refractivity contribution is -0.136. The molecule has 1 saturated heterocycles. The Morgan fingerprint density at radius 1 is 0.667 bits per heavy atom. The van der Waals surface area contributed by atoms with Gasteiger partial charge in [0.25, 0.3) is 11.8 Å². The molecular weight excluding hydrogens is 488 g/mol. The van der Waals surface area contributed by atoms with Gasteiger partial charge in [-0.05, 0) is 36.6 Å². The number of carbonyl (C=O) groups is 3. The van der Waals surface area contributed by atoms with Crippen LogP contribution in [0, 0.1) is 0 Å². The zero-order chi connectivity index (χ0) is 27.6. The van der Waals surface area contributed by atoms with E-state index < -0.39 is 17.8 Å². The SMILES string of the molecule is CCCCN1C(=O)C(=C/C=C/C=C2C=C(c3ccccc3)OC(c3ccccc3)=C2)C(=O)N(CCCC)C1=O. The Labute approximate surface area is 230 Å². The van der Waals surface area contributed by atoms with Crippen LogP contribution in [0.5, 0.6) is 0 Å². The number of allylic oxidation sites excluding steroid dienone is 7. The maximum atomic E-state index is 13.1. The summed E-state index contributed by atoms with van der Waals surface area (Å²) < 4.78 is 6.23. The van der Waals surface area contributed by atoms with E-state index in [9.17, 15) is 14.4 Å². The van der Waals surface area contributed by atoms with Gasteiger partial charge in [0.1, 0.15) is 17.1 Å². The number of carbonyl (C=O) groups excluding carboxylic acids is 3. The highest BCUT2D eigenvalue weighted by atomic mass is 16.5. The lowest BCUT2D eigenvalue weighted by atomic mass is 10.0. The Morgan fingerprint density at radius 2 is 1.13 bits per heavy atom. The summed E-state index contributed by atoms with van der Waals surface area (Å²) in [6, 6.07) is 19.2. The summed E-state index contributed by atoms with van der Waals surface area (Å²) in [6.45, 7) is 4.60. The summed E-state index contributed by atoms with van der Waals surface area (Å²) in [7, 11) is 0. The molecule has 39 heavy (non-hydrogen) atoms. The van der Waals surface area contributed by atoms with Crippen molar-refractivity contribution < 1.29 is 19.1 Å². The van der Waals surface area contributed by atoms with Crippen molar-refractivity contribution in [2.24, 2.45) is 0 Å². The van der Waals surface area contributed by atoms with Crippen molar-refractivity contribution >= 4 is 29.4 Å². The largest absolute Gasteiger partial charge is 0.456 e. The second-order valence-electron chi connectivity index (χ2n) is 9.39. The predicted octanol–water partition coefficient (Wildman–Crippen LogP) is 6.90. The zero-order valence-electron chi connectivity index (χ0n) is 22.5. The maximum absolute atomic E-state index is 13.1. The van der Waals surface area contributed by atoms with Gasteiger partial charge in [-0.1, -0.05) is 106 Å². The Bertz CT molecular complexity index is 1260. The van der Waals surface area contributed by atoms with Crippen molar-refractivity contribution in [3.63, 3.8) is 0 Å². The molecule has 0 atom stereocenters. The van der Waals surface area contributed by atoms with Crippen molar-refractivity contribution in [1.29, 1.82) is 0 Å². The second kappa shape index (κ2) is 13.4. The summed E-state index contributed by atoms with van der Waals surface area (Å²) in [6.07, 6.45) is 13.8. The first-order chi connectivity index (χ1) is 19.0. The Hall–Kier alpha value is -4.45. The van der Waals surface area contributed by atoms with E-state index in [1.807, 2.05) is 92.7 Å². The van der Waals surface area contributed by atoms with Crippen LogP contribution in [0.4, 0.5) is 4.79 Å². The molecule has 0 spiro atoms. The molecule has 6 nitrogen and oxygen atoms in total. The number of amides is 4. The average Bonchev–Trinajstić information content (AvgIpc) is 2.97. The first-order valence-corrected chi connectivity index (χ1v) is 13.5. The number of barbiturate groups is 1. The van der Waals surface area contributed by atoms with E-state index in [0.717, 1.165) is 41.1 Å². The zero-order valence-corrected chi connectivity index (χ0v) is 22.5. The van der Waals surface area contributed by atoms with Gasteiger partial charge in [0.2, 0.25) is 0 Å². The van der Waals surface area contributed by atoms with E-state index in [-0.39, 0.29) is 5.57 Å². The molecule has 0 saturated carbocycles. The van der Waals surface area contributed by atoms with Gasteiger partial charge in [-0.15, -0.1) is 0 Å². The van der Waals surface area contributed by atoms with Crippen molar-refractivity contribution in [3.05, 3.63) is 119 Å². The van der Waals surface area contributed by atoms with Gasteiger partial charge >= 0.3 is 6.03 Å². The molecule has 1 fully saturated rings. The Morgan fingerprint density at radius 3 is 1.59 bits per heavy atom. The number of hydrogen-bond acceptors (Lipinski definition) is 4. The summed E-state index contributed by atoms with van der Waals surface area (Å²) in [4.78, 5) is 41.4. The van der Waals surface area contributed by atoms with Crippen molar-refractivity contribution in [2.75, 3.05) is 13.1 Å². The van der Waals surface area contributed by atoms with Crippen molar-refractivity contribution in [1.82, 2.24) is 9.80 Å². The normalized spacial score (nSPS) is 15.9. The topological polar surface area (TPSA) is 66.9 Å².